The molecule has 0 unspecified atom stereocenters. The van der Waals surface area contributed by atoms with E-state index in [-0.39, 0.29) is 0 Å². The average molecular weight is 360 g/mol. The van der Waals surface area contributed by atoms with Crippen molar-refractivity contribution in [3.63, 3.8) is 0 Å². The Kier molecular flexibility index (Phi) is 4.22. The zero-order valence-corrected chi connectivity index (χ0v) is 14.4. The lowest BCUT2D eigenvalue weighted by Crippen LogP contribution is -2.33. The van der Waals surface area contributed by atoms with Crippen LogP contribution in [0.3, 0.4) is 0 Å². The number of fused-ring (bicyclic) bond motifs is 1. The summed E-state index contributed by atoms with van der Waals surface area (Å²) in [6.45, 7) is 3.19. The second-order valence-corrected chi connectivity index (χ2v) is 6.52. The molecule has 7 heteroatoms. The Bertz CT molecular complexity index is 863. The number of halogens is 2. The molecule has 1 aliphatic rings. The van der Waals surface area contributed by atoms with Gasteiger partial charge in [-0.05, 0) is 23.8 Å². The molecule has 4 rings (SSSR count). The van der Waals surface area contributed by atoms with Crippen molar-refractivity contribution >= 4 is 23.2 Å². The molecule has 1 aromatic carbocycles. The molecule has 0 amide bonds. The van der Waals surface area contributed by atoms with E-state index in [2.05, 4.69) is 24.6 Å². The maximum atomic E-state index is 6.30. The summed E-state index contributed by atoms with van der Waals surface area (Å²) in [7, 11) is 0. The van der Waals surface area contributed by atoms with Crippen molar-refractivity contribution in [2.24, 2.45) is 0 Å². The summed E-state index contributed by atoms with van der Waals surface area (Å²) in [5.74, 6) is 1.77. The van der Waals surface area contributed by atoms with Crippen LogP contribution in [0.15, 0.2) is 42.6 Å². The largest absolute Gasteiger partial charge is 0.307 e. The van der Waals surface area contributed by atoms with Crippen LogP contribution in [0.4, 0.5) is 0 Å². The summed E-state index contributed by atoms with van der Waals surface area (Å²) in [5, 5.41) is 9.87. The first kappa shape index (κ1) is 15.6. The molecule has 0 saturated carbocycles. The first-order valence-electron chi connectivity index (χ1n) is 7.71. The Hall–Kier alpha value is -1.95. The van der Waals surface area contributed by atoms with Gasteiger partial charge in [0, 0.05) is 25.8 Å². The SMILES string of the molecule is Clc1cccc(CN2CCn3c(nnc3-c3ccccn3)C2)c1Cl. The lowest BCUT2D eigenvalue weighted by Gasteiger charge is -2.28. The van der Waals surface area contributed by atoms with E-state index in [1.54, 1.807) is 12.3 Å². The molecule has 0 fully saturated rings. The van der Waals surface area contributed by atoms with Gasteiger partial charge in [0.2, 0.25) is 0 Å². The molecule has 0 spiro atoms. The normalized spacial score (nSPS) is 14.6. The highest BCUT2D eigenvalue weighted by atomic mass is 35.5. The summed E-state index contributed by atoms with van der Waals surface area (Å²) >= 11 is 12.4. The van der Waals surface area contributed by atoms with Crippen molar-refractivity contribution in [2.75, 3.05) is 6.54 Å². The predicted octanol–water partition coefficient (Wildman–Crippen LogP) is 3.66. The van der Waals surface area contributed by atoms with E-state index in [1.807, 2.05) is 30.3 Å². The number of rotatable bonds is 3. The first-order valence-corrected chi connectivity index (χ1v) is 8.46. The molecule has 0 saturated heterocycles. The van der Waals surface area contributed by atoms with Crippen LogP contribution in [0.1, 0.15) is 11.4 Å². The Balaban J connectivity index is 1.55. The predicted molar refractivity (Wildman–Crippen MR) is 93.8 cm³/mol. The zero-order chi connectivity index (χ0) is 16.5. The van der Waals surface area contributed by atoms with Crippen molar-refractivity contribution in [2.45, 2.75) is 19.6 Å². The van der Waals surface area contributed by atoms with Crippen molar-refractivity contribution in [3.05, 3.63) is 64.0 Å². The van der Waals surface area contributed by atoms with Gasteiger partial charge in [-0.15, -0.1) is 10.2 Å². The maximum absolute atomic E-state index is 6.30. The molecule has 1 aliphatic heterocycles. The van der Waals surface area contributed by atoms with Crippen molar-refractivity contribution in [1.29, 1.82) is 0 Å². The van der Waals surface area contributed by atoms with Gasteiger partial charge in [0.25, 0.3) is 0 Å². The highest BCUT2D eigenvalue weighted by Gasteiger charge is 2.23. The molecule has 0 aliphatic carbocycles. The smallest absolute Gasteiger partial charge is 0.182 e. The van der Waals surface area contributed by atoms with E-state index in [4.69, 9.17) is 23.2 Å². The van der Waals surface area contributed by atoms with E-state index in [1.165, 1.54) is 0 Å². The van der Waals surface area contributed by atoms with Gasteiger partial charge in [0.05, 0.1) is 16.6 Å². The molecular formula is C17H15Cl2N5. The zero-order valence-electron chi connectivity index (χ0n) is 12.9. The molecule has 2 aromatic heterocycles. The molecule has 0 radical (unpaired) electrons. The van der Waals surface area contributed by atoms with Gasteiger partial charge in [-0.3, -0.25) is 9.88 Å². The number of hydrogen-bond acceptors (Lipinski definition) is 4. The van der Waals surface area contributed by atoms with Crippen LogP contribution in [0.2, 0.25) is 10.0 Å². The second kappa shape index (κ2) is 6.51. The average Bonchev–Trinajstić information content (AvgIpc) is 3.03. The van der Waals surface area contributed by atoms with Gasteiger partial charge in [-0.2, -0.15) is 0 Å². The monoisotopic (exact) mass is 359 g/mol. The molecule has 3 heterocycles. The van der Waals surface area contributed by atoms with Gasteiger partial charge < -0.3 is 4.57 Å². The van der Waals surface area contributed by atoms with Crippen LogP contribution >= 0.6 is 23.2 Å². The lowest BCUT2D eigenvalue weighted by molar-refractivity contribution is 0.209. The number of aromatic nitrogens is 4. The third-order valence-corrected chi connectivity index (χ3v) is 5.01. The van der Waals surface area contributed by atoms with Crippen molar-refractivity contribution in [3.8, 4) is 11.5 Å². The minimum Gasteiger partial charge on any atom is -0.307 e. The number of benzene rings is 1. The lowest BCUT2D eigenvalue weighted by atomic mass is 10.2. The van der Waals surface area contributed by atoms with Gasteiger partial charge in [0.1, 0.15) is 11.5 Å². The van der Waals surface area contributed by atoms with Gasteiger partial charge in [0.15, 0.2) is 5.82 Å². The minimum atomic E-state index is 0.590. The fourth-order valence-corrected chi connectivity index (χ4v) is 3.32. The van der Waals surface area contributed by atoms with Crippen molar-refractivity contribution in [1.82, 2.24) is 24.6 Å². The number of hydrogen-bond donors (Lipinski definition) is 0. The molecular weight excluding hydrogens is 345 g/mol. The Morgan fingerprint density at radius 3 is 2.75 bits per heavy atom. The fraction of sp³-hybridized carbons (Fsp3) is 0.235. The summed E-state index contributed by atoms with van der Waals surface area (Å²) in [6, 6.07) is 11.5. The van der Waals surface area contributed by atoms with Crippen LogP contribution < -0.4 is 0 Å². The first-order chi connectivity index (χ1) is 11.7. The third-order valence-electron chi connectivity index (χ3n) is 4.15. The molecule has 5 nitrogen and oxygen atoms in total. The van der Waals surface area contributed by atoms with Crippen LogP contribution in [0, 0.1) is 0 Å². The summed E-state index contributed by atoms with van der Waals surface area (Å²) in [6.07, 6.45) is 1.77. The molecule has 24 heavy (non-hydrogen) atoms. The summed E-state index contributed by atoms with van der Waals surface area (Å²) in [4.78, 5) is 6.66. The second-order valence-electron chi connectivity index (χ2n) is 5.73. The van der Waals surface area contributed by atoms with Crippen LogP contribution in [0.5, 0.6) is 0 Å². The van der Waals surface area contributed by atoms with Crippen LogP contribution in [-0.2, 0) is 19.6 Å². The summed E-state index contributed by atoms with van der Waals surface area (Å²) < 4.78 is 2.14. The Labute approximate surface area is 149 Å². The molecule has 0 N–H and O–H groups in total. The fourth-order valence-electron chi connectivity index (χ4n) is 2.94. The van der Waals surface area contributed by atoms with E-state index in [0.29, 0.717) is 10.0 Å². The van der Waals surface area contributed by atoms with Crippen molar-refractivity contribution < 1.29 is 0 Å². The molecule has 3 aromatic rings. The standard InChI is InChI=1S/C17H15Cl2N5/c18-13-5-3-4-12(16(13)19)10-23-8-9-24-15(11-23)21-22-17(24)14-6-1-2-7-20-14/h1-7H,8-11H2. The summed E-state index contributed by atoms with van der Waals surface area (Å²) in [5.41, 5.74) is 1.88. The topological polar surface area (TPSA) is 46.8 Å². The van der Waals surface area contributed by atoms with E-state index in [9.17, 15) is 0 Å². The van der Waals surface area contributed by atoms with Crippen LogP contribution in [0.25, 0.3) is 11.5 Å². The van der Waals surface area contributed by atoms with Gasteiger partial charge in [-0.1, -0.05) is 41.4 Å². The molecule has 122 valence electrons. The highest BCUT2D eigenvalue weighted by Crippen LogP contribution is 2.28. The quantitative estimate of drug-likeness (QED) is 0.715. The van der Waals surface area contributed by atoms with Crippen LogP contribution in [-0.4, -0.2) is 31.2 Å². The van der Waals surface area contributed by atoms with E-state index >= 15 is 0 Å². The highest BCUT2D eigenvalue weighted by molar-refractivity contribution is 6.42. The third kappa shape index (κ3) is 2.90. The molecule has 0 atom stereocenters. The van der Waals surface area contributed by atoms with E-state index < -0.39 is 0 Å². The van der Waals surface area contributed by atoms with Gasteiger partial charge >= 0.3 is 0 Å². The number of nitrogens with zero attached hydrogens (tertiary/aromatic N) is 5. The van der Waals surface area contributed by atoms with Gasteiger partial charge in [-0.25, -0.2) is 0 Å². The number of pyridine rings is 1. The van der Waals surface area contributed by atoms with E-state index in [0.717, 1.165) is 49.1 Å². The minimum absolute atomic E-state index is 0.590. The molecule has 0 bridgehead atoms. The Morgan fingerprint density at radius 2 is 1.92 bits per heavy atom. The maximum Gasteiger partial charge on any atom is 0.182 e. The Morgan fingerprint density at radius 1 is 1.00 bits per heavy atom.